The number of hydrogen-bond acceptors (Lipinski definition) is 4. The number of ether oxygens (including phenoxy) is 1. The predicted octanol–water partition coefficient (Wildman–Crippen LogP) is 2.64. The number of esters is 1. The van der Waals surface area contributed by atoms with Gasteiger partial charge in [0.2, 0.25) is 0 Å². The maximum atomic E-state index is 12.5. The zero-order valence-electron chi connectivity index (χ0n) is 15.2. The minimum atomic E-state index is -0.488. The molecule has 0 saturated carbocycles. The lowest BCUT2D eigenvalue weighted by molar-refractivity contribution is 0.0600. The van der Waals surface area contributed by atoms with Gasteiger partial charge in [-0.3, -0.25) is 9.59 Å². The Morgan fingerprint density at radius 1 is 0.963 bits per heavy atom. The van der Waals surface area contributed by atoms with Crippen molar-refractivity contribution in [2.45, 2.75) is 19.4 Å². The largest absolute Gasteiger partial charge is 0.465 e. The monoisotopic (exact) mass is 366 g/mol. The summed E-state index contributed by atoms with van der Waals surface area (Å²) in [5.74, 6) is -0.749. The van der Waals surface area contributed by atoms with Gasteiger partial charge in [0.05, 0.1) is 12.7 Å². The molecule has 140 valence electrons. The SMILES string of the molecule is COC(=O)c1cccc(C(=O)NCc2cccc(C(=O)N3CCCC3)c2)c1. The molecule has 0 aliphatic carbocycles. The number of benzene rings is 2. The summed E-state index contributed by atoms with van der Waals surface area (Å²) in [5.41, 5.74) is 2.18. The van der Waals surface area contributed by atoms with Gasteiger partial charge in [0.25, 0.3) is 11.8 Å². The van der Waals surface area contributed by atoms with Crippen LogP contribution >= 0.6 is 0 Å². The zero-order chi connectivity index (χ0) is 19.2. The summed E-state index contributed by atoms with van der Waals surface area (Å²) in [7, 11) is 1.30. The van der Waals surface area contributed by atoms with Crippen molar-refractivity contribution in [3.8, 4) is 0 Å². The summed E-state index contributed by atoms with van der Waals surface area (Å²) in [4.78, 5) is 38.3. The van der Waals surface area contributed by atoms with Crippen LogP contribution in [0, 0.1) is 0 Å². The summed E-state index contributed by atoms with van der Waals surface area (Å²) >= 11 is 0. The highest BCUT2D eigenvalue weighted by Crippen LogP contribution is 2.14. The number of rotatable bonds is 5. The van der Waals surface area contributed by atoms with Gasteiger partial charge in [-0.1, -0.05) is 18.2 Å². The molecule has 3 rings (SSSR count). The summed E-state index contributed by atoms with van der Waals surface area (Å²) in [6.45, 7) is 1.90. The maximum absolute atomic E-state index is 12.5. The lowest BCUT2D eigenvalue weighted by atomic mass is 10.1. The normalized spacial score (nSPS) is 13.3. The van der Waals surface area contributed by atoms with Crippen LogP contribution in [0.5, 0.6) is 0 Å². The quantitative estimate of drug-likeness (QED) is 0.826. The van der Waals surface area contributed by atoms with E-state index in [1.165, 1.54) is 13.2 Å². The van der Waals surface area contributed by atoms with Gasteiger partial charge < -0.3 is 15.0 Å². The molecule has 0 unspecified atom stereocenters. The van der Waals surface area contributed by atoms with Crippen LogP contribution in [0.15, 0.2) is 48.5 Å². The van der Waals surface area contributed by atoms with E-state index in [4.69, 9.17) is 0 Å². The highest BCUT2D eigenvalue weighted by molar-refractivity contribution is 5.98. The molecule has 1 aliphatic rings. The maximum Gasteiger partial charge on any atom is 0.337 e. The van der Waals surface area contributed by atoms with E-state index < -0.39 is 5.97 Å². The van der Waals surface area contributed by atoms with E-state index in [-0.39, 0.29) is 11.8 Å². The zero-order valence-corrected chi connectivity index (χ0v) is 15.2. The highest BCUT2D eigenvalue weighted by atomic mass is 16.5. The van der Waals surface area contributed by atoms with Crippen molar-refractivity contribution in [3.63, 3.8) is 0 Å². The average Bonchev–Trinajstić information content (AvgIpc) is 3.26. The van der Waals surface area contributed by atoms with Crippen molar-refractivity contribution < 1.29 is 19.1 Å². The van der Waals surface area contributed by atoms with Crippen molar-refractivity contribution in [3.05, 3.63) is 70.8 Å². The number of likely N-dealkylation sites (tertiary alicyclic amines) is 1. The molecule has 2 aromatic rings. The Morgan fingerprint density at radius 3 is 2.37 bits per heavy atom. The van der Waals surface area contributed by atoms with Crippen LogP contribution < -0.4 is 5.32 Å². The van der Waals surface area contributed by atoms with Gasteiger partial charge in [-0.25, -0.2) is 4.79 Å². The van der Waals surface area contributed by atoms with Crippen LogP contribution in [0.4, 0.5) is 0 Å². The fraction of sp³-hybridized carbons (Fsp3) is 0.286. The minimum Gasteiger partial charge on any atom is -0.465 e. The fourth-order valence-electron chi connectivity index (χ4n) is 3.11. The second-order valence-electron chi connectivity index (χ2n) is 6.45. The third kappa shape index (κ3) is 4.53. The summed E-state index contributed by atoms with van der Waals surface area (Å²) in [6.07, 6.45) is 2.10. The Bertz CT molecular complexity index is 857. The van der Waals surface area contributed by atoms with Crippen molar-refractivity contribution in [2.75, 3.05) is 20.2 Å². The molecule has 0 spiro atoms. The molecule has 2 amide bonds. The van der Waals surface area contributed by atoms with Gasteiger partial charge in [0, 0.05) is 30.8 Å². The first-order valence-corrected chi connectivity index (χ1v) is 8.93. The molecule has 0 radical (unpaired) electrons. The fourth-order valence-corrected chi connectivity index (χ4v) is 3.11. The Hall–Kier alpha value is -3.15. The molecule has 27 heavy (non-hydrogen) atoms. The standard InChI is InChI=1S/C21H22N2O4/c1-27-21(26)18-9-5-7-16(13-18)19(24)22-14-15-6-4-8-17(12-15)20(25)23-10-2-3-11-23/h4-9,12-13H,2-3,10-11,14H2,1H3,(H,22,24). The average molecular weight is 366 g/mol. The molecular formula is C21H22N2O4. The van der Waals surface area contributed by atoms with Crippen LogP contribution in [0.3, 0.4) is 0 Å². The van der Waals surface area contributed by atoms with Gasteiger partial charge >= 0.3 is 5.97 Å². The molecule has 0 aromatic heterocycles. The lowest BCUT2D eigenvalue weighted by Gasteiger charge is -2.15. The van der Waals surface area contributed by atoms with Gasteiger partial charge in [0.1, 0.15) is 0 Å². The number of nitrogens with zero attached hydrogens (tertiary/aromatic N) is 1. The number of carbonyl (C=O) groups is 3. The van der Waals surface area contributed by atoms with Crippen molar-refractivity contribution in [1.29, 1.82) is 0 Å². The number of amides is 2. The molecule has 0 atom stereocenters. The molecule has 1 N–H and O–H groups in total. The second-order valence-corrected chi connectivity index (χ2v) is 6.45. The molecule has 0 bridgehead atoms. The van der Waals surface area contributed by atoms with Crippen molar-refractivity contribution in [2.24, 2.45) is 0 Å². The van der Waals surface area contributed by atoms with Crippen LogP contribution in [0.25, 0.3) is 0 Å². The van der Waals surface area contributed by atoms with Crippen molar-refractivity contribution >= 4 is 17.8 Å². The molecule has 1 heterocycles. The smallest absolute Gasteiger partial charge is 0.337 e. The third-order valence-electron chi connectivity index (χ3n) is 4.57. The van der Waals surface area contributed by atoms with Gasteiger partial charge in [0.15, 0.2) is 0 Å². The second kappa shape index (κ2) is 8.49. The third-order valence-corrected chi connectivity index (χ3v) is 4.57. The molecule has 1 fully saturated rings. The Kier molecular flexibility index (Phi) is 5.86. The van der Waals surface area contributed by atoms with Crippen molar-refractivity contribution in [1.82, 2.24) is 10.2 Å². The van der Waals surface area contributed by atoms with Gasteiger partial charge in [-0.15, -0.1) is 0 Å². The van der Waals surface area contributed by atoms with Crippen LogP contribution in [-0.2, 0) is 11.3 Å². The van der Waals surface area contributed by atoms with Gasteiger partial charge in [-0.05, 0) is 48.7 Å². The van der Waals surface area contributed by atoms with E-state index in [1.54, 1.807) is 24.3 Å². The number of carbonyl (C=O) groups excluding carboxylic acids is 3. The van der Waals surface area contributed by atoms with E-state index in [0.29, 0.717) is 23.2 Å². The number of hydrogen-bond donors (Lipinski definition) is 1. The lowest BCUT2D eigenvalue weighted by Crippen LogP contribution is -2.28. The van der Waals surface area contributed by atoms with E-state index in [1.807, 2.05) is 23.1 Å². The molecule has 6 heteroatoms. The first kappa shape index (κ1) is 18.6. The van der Waals surface area contributed by atoms with Crippen LogP contribution in [0.2, 0.25) is 0 Å². The first-order chi connectivity index (χ1) is 13.1. The predicted molar refractivity (Wildman–Crippen MR) is 101 cm³/mol. The molecule has 6 nitrogen and oxygen atoms in total. The summed E-state index contributed by atoms with van der Waals surface area (Å²) in [5, 5.41) is 2.82. The van der Waals surface area contributed by atoms with E-state index >= 15 is 0 Å². The van der Waals surface area contributed by atoms with E-state index in [0.717, 1.165) is 31.5 Å². The first-order valence-electron chi connectivity index (χ1n) is 8.93. The summed E-state index contributed by atoms with van der Waals surface area (Å²) < 4.78 is 4.67. The highest BCUT2D eigenvalue weighted by Gasteiger charge is 2.19. The van der Waals surface area contributed by atoms with Crippen LogP contribution in [0.1, 0.15) is 49.5 Å². The molecule has 2 aromatic carbocycles. The number of nitrogens with one attached hydrogen (secondary N) is 1. The molecule has 1 saturated heterocycles. The van der Waals surface area contributed by atoms with Gasteiger partial charge in [-0.2, -0.15) is 0 Å². The number of methoxy groups -OCH3 is 1. The Labute approximate surface area is 158 Å². The van der Waals surface area contributed by atoms with E-state index in [2.05, 4.69) is 10.1 Å². The van der Waals surface area contributed by atoms with Crippen LogP contribution in [-0.4, -0.2) is 42.9 Å². The Balaban J connectivity index is 1.64. The topological polar surface area (TPSA) is 75.7 Å². The van der Waals surface area contributed by atoms with E-state index in [9.17, 15) is 14.4 Å². The summed E-state index contributed by atoms with van der Waals surface area (Å²) in [6, 6.07) is 13.7. The molecule has 1 aliphatic heterocycles. The minimum absolute atomic E-state index is 0.0338. The Morgan fingerprint density at radius 2 is 1.63 bits per heavy atom. The molecular weight excluding hydrogens is 344 g/mol.